The molecule has 8 heteroatoms. The van der Waals surface area contributed by atoms with Gasteiger partial charge in [-0.05, 0) is 50.3 Å². The number of para-hydroxylation sites is 1. The molecule has 0 saturated carbocycles. The summed E-state index contributed by atoms with van der Waals surface area (Å²) in [4.78, 5) is 35.9. The number of rotatable bonds is 6. The smallest absolute Gasteiger partial charge is 0.340 e. The molecule has 1 aliphatic carbocycles. The van der Waals surface area contributed by atoms with Crippen LogP contribution in [0.3, 0.4) is 0 Å². The average molecular weight is 428 g/mol. The lowest BCUT2D eigenvalue weighted by Crippen LogP contribution is -2.17. The number of aromatic nitrogens is 2. The average Bonchev–Trinajstić information content (AvgIpc) is 3.12. The van der Waals surface area contributed by atoms with Crippen molar-refractivity contribution in [2.24, 2.45) is 0 Å². The van der Waals surface area contributed by atoms with Gasteiger partial charge in [0.2, 0.25) is 5.91 Å². The van der Waals surface area contributed by atoms with E-state index in [2.05, 4.69) is 15.3 Å². The van der Waals surface area contributed by atoms with Gasteiger partial charge in [0.25, 0.3) is 0 Å². The normalized spacial score (nSPS) is 13.1. The van der Waals surface area contributed by atoms with Crippen LogP contribution in [0.4, 0.5) is 5.69 Å². The number of thioether (sulfide) groups is 1. The fourth-order valence-corrected chi connectivity index (χ4v) is 5.59. The predicted molar refractivity (Wildman–Crippen MR) is 116 cm³/mol. The van der Waals surface area contributed by atoms with Crippen LogP contribution in [0.25, 0.3) is 10.2 Å². The minimum atomic E-state index is -0.446. The van der Waals surface area contributed by atoms with E-state index in [4.69, 9.17) is 4.74 Å². The van der Waals surface area contributed by atoms with Crippen LogP contribution in [0.2, 0.25) is 0 Å². The van der Waals surface area contributed by atoms with Crippen LogP contribution in [-0.4, -0.2) is 34.2 Å². The number of carbonyl (C=O) groups excluding carboxylic acids is 2. The Balaban J connectivity index is 1.49. The second-order valence-corrected chi connectivity index (χ2v) is 8.72. The molecule has 0 bridgehead atoms. The van der Waals surface area contributed by atoms with Crippen LogP contribution in [0.5, 0.6) is 0 Å². The Kier molecular flexibility index (Phi) is 6.10. The molecule has 150 valence electrons. The Morgan fingerprint density at radius 2 is 2.03 bits per heavy atom. The highest BCUT2D eigenvalue weighted by Crippen LogP contribution is 2.39. The number of hydrogen-bond donors (Lipinski definition) is 1. The maximum absolute atomic E-state index is 12.6. The van der Waals surface area contributed by atoms with E-state index in [1.165, 1.54) is 35.0 Å². The number of esters is 1. The highest BCUT2D eigenvalue weighted by Gasteiger charge is 2.21. The molecule has 6 nitrogen and oxygen atoms in total. The second kappa shape index (κ2) is 8.92. The minimum Gasteiger partial charge on any atom is -0.462 e. The maximum Gasteiger partial charge on any atom is 0.340 e. The number of aryl methyl sites for hydroxylation is 2. The van der Waals surface area contributed by atoms with Crippen LogP contribution < -0.4 is 5.32 Å². The van der Waals surface area contributed by atoms with E-state index < -0.39 is 5.97 Å². The largest absolute Gasteiger partial charge is 0.462 e. The van der Waals surface area contributed by atoms with Crippen molar-refractivity contribution in [3.63, 3.8) is 0 Å². The number of thiophene rings is 1. The van der Waals surface area contributed by atoms with Gasteiger partial charge in [-0.3, -0.25) is 4.79 Å². The molecule has 1 aliphatic rings. The number of amides is 1. The summed E-state index contributed by atoms with van der Waals surface area (Å²) in [6, 6.07) is 6.87. The molecule has 0 unspecified atom stereocenters. The fraction of sp³-hybridized carbons (Fsp3) is 0.333. The number of hydrogen-bond acceptors (Lipinski definition) is 7. The molecule has 0 radical (unpaired) electrons. The van der Waals surface area contributed by atoms with Gasteiger partial charge in [0, 0.05) is 10.3 Å². The number of benzene rings is 1. The number of nitrogens with zero attached hydrogens (tertiary/aromatic N) is 2. The molecule has 1 amide bonds. The first kappa shape index (κ1) is 19.8. The first-order chi connectivity index (χ1) is 14.2. The van der Waals surface area contributed by atoms with Crippen molar-refractivity contribution in [1.29, 1.82) is 0 Å². The quantitative estimate of drug-likeness (QED) is 0.355. The van der Waals surface area contributed by atoms with Gasteiger partial charge in [-0.2, -0.15) is 0 Å². The van der Waals surface area contributed by atoms with E-state index >= 15 is 0 Å². The van der Waals surface area contributed by atoms with Gasteiger partial charge in [-0.15, -0.1) is 11.3 Å². The molecule has 0 saturated heterocycles. The van der Waals surface area contributed by atoms with Crippen molar-refractivity contribution >= 4 is 50.9 Å². The molecule has 0 aliphatic heterocycles. The Labute approximate surface area is 177 Å². The third-order valence-electron chi connectivity index (χ3n) is 4.75. The van der Waals surface area contributed by atoms with Gasteiger partial charge in [-0.25, -0.2) is 14.8 Å². The van der Waals surface area contributed by atoms with Gasteiger partial charge in [0.05, 0.1) is 23.6 Å². The number of anilines is 1. The summed E-state index contributed by atoms with van der Waals surface area (Å²) in [7, 11) is 0. The van der Waals surface area contributed by atoms with Gasteiger partial charge in [0.15, 0.2) is 0 Å². The summed E-state index contributed by atoms with van der Waals surface area (Å²) >= 11 is 3.15. The SMILES string of the molecule is CCOC(=O)c1ccccc1NC(=O)CSc1ncnc2sc3c(c12)CCCC3. The molecular formula is C21H21N3O3S2. The molecule has 0 spiro atoms. The lowest BCUT2D eigenvalue weighted by Gasteiger charge is -2.12. The van der Waals surface area contributed by atoms with Crippen molar-refractivity contribution < 1.29 is 14.3 Å². The first-order valence-electron chi connectivity index (χ1n) is 9.61. The number of carbonyl (C=O) groups is 2. The van der Waals surface area contributed by atoms with E-state index in [1.807, 2.05) is 0 Å². The summed E-state index contributed by atoms with van der Waals surface area (Å²) in [6.07, 6.45) is 6.13. The molecular weight excluding hydrogens is 406 g/mol. The van der Waals surface area contributed by atoms with Crippen LogP contribution in [0, 0.1) is 0 Å². The van der Waals surface area contributed by atoms with E-state index in [0.29, 0.717) is 11.3 Å². The summed E-state index contributed by atoms with van der Waals surface area (Å²) in [5, 5.41) is 4.78. The van der Waals surface area contributed by atoms with E-state index in [9.17, 15) is 9.59 Å². The Morgan fingerprint density at radius 3 is 2.90 bits per heavy atom. The zero-order valence-corrected chi connectivity index (χ0v) is 17.7. The van der Waals surface area contributed by atoms with Crippen molar-refractivity contribution in [3.05, 3.63) is 46.6 Å². The zero-order chi connectivity index (χ0) is 20.2. The topological polar surface area (TPSA) is 81.2 Å². The number of ether oxygens (including phenoxy) is 1. The number of fused-ring (bicyclic) bond motifs is 3. The van der Waals surface area contributed by atoms with Gasteiger partial charge in [-0.1, -0.05) is 23.9 Å². The van der Waals surface area contributed by atoms with Crippen LogP contribution in [0.1, 0.15) is 40.6 Å². The molecule has 2 aromatic heterocycles. The highest BCUT2D eigenvalue weighted by atomic mass is 32.2. The Morgan fingerprint density at radius 1 is 1.21 bits per heavy atom. The molecule has 1 aromatic carbocycles. The zero-order valence-electron chi connectivity index (χ0n) is 16.1. The van der Waals surface area contributed by atoms with Crippen molar-refractivity contribution in [1.82, 2.24) is 9.97 Å². The minimum absolute atomic E-state index is 0.192. The molecule has 2 heterocycles. The third-order valence-corrected chi connectivity index (χ3v) is 6.94. The third kappa shape index (κ3) is 4.28. The van der Waals surface area contributed by atoms with Crippen LogP contribution >= 0.6 is 23.1 Å². The summed E-state index contributed by atoms with van der Waals surface area (Å²) < 4.78 is 5.06. The monoisotopic (exact) mass is 427 g/mol. The van der Waals surface area contributed by atoms with E-state index in [-0.39, 0.29) is 18.3 Å². The standard InChI is InChI=1S/C21H21N3O3S2/c1-2-27-21(26)13-7-3-5-9-15(13)24-17(25)11-28-19-18-14-8-4-6-10-16(14)29-20(18)23-12-22-19/h3,5,7,9,12H,2,4,6,8,10-11H2,1H3,(H,24,25). The molecule has 3 aromatic rings. The lowest BCUT2D eigenvalue weighted by atomic mass is 9.97. The molecule has 1 N–H and O–H groups in total. The Hall–Kier alpha value is -2.45. The predicted octanol–water partition coefficient (Wildman–Crippen LogP) is 4.48. The molecule has 0 fully saturated rings. The second-order valence-electron chi connectivity index (χ2n) is 6.67. The van der Waals surface area contributed by atoms with Gasteiger partial charge >= 0.3 is 5.97 Å². The van der Waals surface area contributed by atoms with Crippen LogP contribution in [-0.2, 0) is 22.4 Å². The highest BCUT2D eigenvalue weighted by molar-refractivity contribution is 8.00. The number of nitrogens with one attached hydrogen (secondary N) is 1. The Bertz CT molecular complexity index is 1060. The molecule has 0 atom stereocenters. The lowest BCUT2D eigenvalue weighted by molar-refractivity contribution is -0.113. The van der Waals surface area contributed by atoms with Gasteiger partial charge < -0.3 is 10.1 Å². The van der Waals surface area contributed by atoms with E-state index in [1.54, 1.807) is 48.9 Å². The van der Waals surface area contributed by atoms with Crippen LogP contribution in [0.15, 0.2) is 35.6 Å². The maximum atomic E-state index is 12.6. The molecule has 29 heavy (non-hydrogen) atoms. The van der Waals surface area contributed by atoms with E-state index in [0.717, 1.165) is 28.1 Å². The fourth-order valence-electron chi connectivity index (χ4n) is 3.47. The van der Waals surface area contributed by atoms with Crippen molar-refractivity contribution in [2.45, 2.75) is 37.6 Å². The van der Waals surface area contributed by atoms with Crippen molar-refractivity contribution in [2.75, 3.05) is 17.7 Å². The molecule has 4 rings (SSSR count). The summed E-state index contributed by atoms with van der Waals surface area (Å²) in [6.45, 7) is 2.03. The summed E-state index contributed by atoms with van der Waals surface area (Å²) in [5.41, 5.74) is 2.16. The summed E-state index contributed by atoms with van der Waals surface area (Å²) in [5.74, 6) is -0.436. The van der Waals surface area contributed by atoms with Gasteiger partial charge in [0.1, 0.15) is 16.2 Å². The van der Waals surface area contributed by atoms with Crippen molar-refractivity contribution in [3.8, 4) is 0 Å². The first-order valence-corrected chi connectivity index (χ1v) is 11.4.